The van der Waals surface area contributed by atoms with Gasteiger partial charge in [-0.3, -0.25) is 4.98 Å². The molecule has 2 N–H and O–H groups in total. The molecule has 2 atom stereocenters. The van der Waals surface area contributed by atoms with Crippen LogP contribution in [0.3, 0.4) is 0 Å². The molecule has 100 valence electrons. The van der Waals surface area contributed by atoms with Gasteiger partial charge in [-0.1, -0.05) is 36.4 Å². The maximum Gasteiger partial charge on any atom is 0.0929 e. The molecule has 1 aromatic carbocycles. The molecule has 0 spiro atoms. The molecule has 0 saturated heterocycles. The van der Waals surface area contributed by atoms with Crippen molar-refractivity contribution in [3.8, 4) is 0 Å². The lowest BCUT2D eigenvalue weighted by Gasteiger charge is -2.17. The van der Waals surface area contributed by atoms with Gasteiger partial charge in [-0.25, -0.2) is 0 Å². The number of rotatable bonds is 5. The Hall–Kier alpha value is -1.71. The third-order valence-electron chi connectivity index (χ3n) is 3.24. The van der Waals surface area contributed by atoms with E-state index in [4.69, 9.17) is 0 Å². The number of nitrogens with one attached hydrogen (secondary N) is 1. The fraction of sp³-hybridized carbons (Fsp3) is 0.312. The summed E-state index contributed by atoms with van der Waals surface area (Å²) in [5.41, 5.74) is 3.02. The molecule has 0 radical (unpaired) electrons. The Labute approximate surface area is 114 Å². The summed E-state index contributed by atoms with van der Waals surface area (Å²) in [6.07, 6.45) is 1.20. The lowest BCUT2D eigenvalue weighted by atomic mass is 10.1. The van der Waals surface area contributed by atoms with Gasteiger partial charge in [0.25, 0.3) is 0 Å². The molecule has 0 saturated carbocycles. The van der Waals surface area contributed by atoms with E-state index >= 15 is 0 Å². The summed E-state index contributed by atoms with van der Waals surface area (Å²) in [6, 6.07) is 14.3. The Morgan fingerprint density at radius 1 is 1.11 bits per heavy atom. The summed E-state index contributed by atoms with van der Waals surface area (Å²) in [7, 11) is 0. The van der Waals surface area contributed by atoms with Crippen LogP contribution in [-0.4, -0.2) is 16.6 Å². The fourth-order valence-corrected chi connectivity index (χ4v) is 1.94. The van der Waals surface area contributed by atoms with Crippen molar-refractivity contribution in [3.63, 3.8) is 0 Å². The minimum atomic E-state index is -0.528. The molecule has 0 fully saturated rings. The molecule has 2 rings (SSSR count). The molecule has 2 aromatic rings. The number of hydrogen-bond donors (Lipinski definition) is 2. The van der Waals surface area contributed by atoms with Crippen molar-refractivity contribution in [2.45, 2.75) is 26.0 Å². The Kier molecular flexibility index (Phi) is 4.66. The van der Waals surface area contributed by atoms with Crippen LogP contribution >= 0.6 is 0 Å². The van der Waals surface area contributed by atoms with Crippen molar-refractivity contribution in [2.24, 2.45) is 0 Å². The van der Waals surface area contributed by atoms with E-state index in [1.807, 2.05) is 37.3 Å². The maximum atomic E-state index is 10.1. The second-order valence-corrected chi connectivity index (χ2v) is 4.79. The highest BCUT2D eigenvalue weighted by molar-refractivity contribution is 5.19. The van der Waals surface area contributed by atoms with Gasteiger partial charge in [0.2, 0.25) is 0 Å². The Morgan fingerprint density at radius 2 is 1.84 bits per heavy atom. The van der Waals surface area contributed by atoms with Crippen LogP contribution in [0.5, 0.6) is 0 Å². The second kappa shape index (κ2) is 6.45. The first-order valence-corrected chi connectivity index (χ1v) is 6.56. The third kappa shape index (κ3) is 3.88. The Bertz CT molecular complexity index is 496. The van der Waals surface area contributed by atoms with Gasteiger partial charge < -0.3 is 10.4 Å². The fourth-order valence-electron chi connectivity index (χ4n) is 1.94. The Morgan fingerprint density at radius 3 is 2.47 bits per heavy atom. The zero-order valence-electron chi connectivity index (χ0n) is 11.4. The molecule has 0 amide bonds. The number of hydrogen-bond acceptors (Lipinski definition) is 3. The highest BCUT2D eigenvalue weighted by Gasteiger charge is 2.10. The third-order valence-corrected chi connectivity index (χ3v) is 3.24. The molecule has 0 aliphatic carbocycles. The predicted molar refractivity (Wildman–Crippen MR) is 76.8 cm³/mol. The molecule has 3 heteroatoms. The van der Waals surface area contributed by atoms with Crippen LogP contribution < -0.4 is 5.32 Å². The lowest BCUT2D eigenvalue weighted by Crippen LogP contribution is -2.24. The largest absolute Gasteiger partial charge is 0.387 e. The number of benzene rings is 1. The van der Waals surface area contributed by atoms with Gasteiger partial charge in [-0.2, -0.15) is 0 Å². The molecular weight excluding hydrogens is 236 g/mol. The zero-order chi connectivity index (χ0) is 13.7. The maximum absolute atomic E-state index is 10.1. The number of pyridine rings is 1. The van der Waals surface area contributed by atoms with Crippen molar-refractivity contribution < 1.29 is 5.11 Å². The molecule has 1 heterocycles. The standard InChI is InChI=1S/C16H20N2O/c1-12-8-9-15(10-17-12)16(19)11-18-13(2)14-6-4-3-5-7-14/h3-10,13,16,18-19H,11H2,1-2H3/t13-,16+/m1/s1. The van der Waals surface area contributed by atoms with Crippen molar-refractivity contribution in [3.05, 3.63) is 65.5 Å². The van der Waals surface area contributed by atoms with Crippen molar-refractivity contribution in [2.75, 3.05) is 6.54 Å². The SMILES string of the molecule is Cc1ccc([C@@H](O)CN[C@H](C)c2ccccc2)cn1. The summed E-state index contributed by atoms with van der Waals surface area (Å²) >= 11 is 0. The van der Waals surface area contributed by atoms with E-state index in [1.54, 1.807) is 6.20 Å². The minimum absolute atomic E-state index is 0.217. The van der Waals surface area contributed by atoms with Crippen LogP contribution in [0.15, 0.2) is 48.7 Å². The minimum Gasteiger partial charge on any atom is -0.387 e. The smallest absolute Gasteiger partial charge is 0.0929 e. The zero-order valence-corrected chi connectivity index (χ0v) is 11.4. The van der Waals surface area contributed by atoms with E-state index in [9.17, 15) is 5.11 Å². The topological polar surface area (TPSA) is 45.1 Å². The number of aryl methyl sites for hydroxylation is 1. The van der Waals surface area contributed by atoms with Gasteiger partial charge >= 0.3 is 0 Å². The van der Waals surface area contributed by atoms with Crippen molar-refractivity contribution in [1.29, 1.82) is 0 Å². The van der Waals surface area contributed by atoms with Gasteiger partial charge in [0.05, 0.1) is 6.10 Å². The molecule has 3 nitrogen and oxygen atoms in total. The number of nitrogens with zero attached hydrogens (tertiary/aromatic N) is 1. The first kappa shape index (κ1) is 13.7. The van der Waals surface area contributed by atoms with E-state index in [0.29, 0.717) is 6.54 Å². The van der Waals surface area contributed by atoms with Crippen LogP contribution in [0, 0.1) is 6.92 Å². The lowest BCUT2D eigenvalue weighted by molar-refractivity contribution is 0.170. The predicted octanol–water partition coefficient (Wildman–Crippen LogP) is 2.77. The monoisotopic (exact) mass is 256 g/mol. The van der Waals surface area contributed by atoms with Crippen LogP contribution in [0.2, 0.25) is 0 Å². The van der Waals surface area contributed by atoms with E-state index < -0.39 is 6.10 Å². The van der Waals surface area contributed by atoms with Gasteiger partial charge in [0, 0.05) is 30.0 Å². The normalized spacial score (nSPS) is 14.1. The Balaban J connectivity index is 1.90. The van der Waals surface area contributed by atoms with Crippen molar-refractivity contribution in [1.82, 2.24) is 10.3 Å². The highest BCUT2D eigenvalue weighted by Crippen LogP contribution is 2.15. The summed E-state index contributed by atoms with van der Waals surface area (Å²) in [5, 5.41) is 13.4. The summed E-state index contributed by atoms with van der Waals surface area (Å²) in [5.74, 6) is 0. The van der Waals surface area contributed by atoms with Gasteiger partial charge in [-0.15, -0.1) is 0 Å². The van der Waals surface area contributed by atoms with Gasteiger partial charge in [0.1, 0.15) is 0 Å². The molecule has 0 unspecified atom stereocenters. The molecule has 0 bridgehead atoms. The van der Waals surface area contributed by atoms with Gasteiger partial charge in [-0.05, 0) is 25.5 Å². The molecule has 1 aromatic heterocycles. The van der Waals surface area contributed by atoms with E-state index in [1.165, 1.54) is 5.56 Å². The van der Waals surface area contributed by atoms with E-state index in [0.717, 1.165) is 11.3 Å². The van der Waals surface area contributed by atoms with Crippen LogP contribution in [0.4, 0.5) is 0 Å². The van der Waals surface area contributed by atoms with Crippen LogP contribution in [-0.2, 0) is 0 Å². The van der Waals surface area contributed by atoms with Crippen LogP contribution in [0.25, 0.3) is 0 Å². The highest BCUT2D eigenvalue weighted by atomic mass is 16.3. The summed E-state index contributed by atoms with van der Waals surface area (Å²) in [4.78, 5) is 4.20. The van der Waals surface area contributed by atoms with Crippen LogP contribution in [0.1, 0.15) is 35.9 Å². The number of aliphatic hydroxyl groups excluding tert-OH is 1. The molecule has 0 aliphatic heterocycles. The molecule has 0 aliphatic rings. The van der Waals surface area contributed by atoms with Gasteiger partial charge in [0.15, 0.2) is 0 Å². The second-order valence-electron chi connectivity index (χ2n) is 4.79. The molecular formula is C16H20N2O. The summed E-state index contributed by atoms with van der Waals surface area (Å²) < 4.78 is 0. The number of aliphatic hydroxyl groups is 1. The van der Waals surface area contributed by atoms with Crippen molar-refractivity contribution >= 4 is 0 Å². The first-order valence-electron chi connectivity index (χ1n) is 6.56. The molecule has 19 heavy (non-hydrogen) atoms. The quantitative estimate of drug-likeness (QED) is 0.864. The number of aromatic nitrogens is 1. The van der Waals surface area contributed by atoms with E-state index in [-0.39, 0.29) is 6.04 Å². The average molecular weight is 256 g/mol. The summed E-state index contributed by atoms with van der Waals surface area (Å²) in [6.45, 7) is 4.54. The van der Waals surface area contributed by atoms with E-state index in [2.05, 4.69) is 29.4 Å². The first-order chi connectivity index (χ1) is 9.16. The average Bonchev–Trinajstić information content (AvgIpc) is 2.46.